The van der Waals surface area contributed by atoms with Crippen molar-refractivity contribution in [2.75, 3.05) is 27.3 Å². The number of nitrogens with zero attached hydrogens (tertiary/aromatic N) is 1. The van der Waals surface area contributed by atoms with Crippen LogP contribution in [0.15, 0.2) is 48.5 Å². The lowest BCUT2D eigenvalue weighted by Gasteiger charge is -2.12. The zero-order chi connectivity index (χ0) is 17.9. The summed E-state index contributed by atoms with van der Waals surface area (Å²) in [5.74, 6) is 0.951. The lowest BCUT2D eigenvalue weighted by molar-refractivity contribution is 0.309. The van der Waals surface area contributed by atoms with E-state index in [4.69, 9.17) is 8.92 Å². The van der Waals surface area contributed by atoms with Crippen molar-refractivity contribution in [2.45, 2.75) is 32.6 Å². The maximum Gasteiger partial charge on any atom is 0.119 e. The molecule has 0 amide bonds. The first-order valence-electron chi connectivity index (χ1n) is 8.97. The summed E-state index contributed by atoms with van der Waals surface area (Å²) in [4.78, 5) is 0. The maximum absolute atomic E-state index is 5.72. The van der Waals surface area contributed by atoms with Gasteiger partial charge in [0.1, 0.15) is 5.75 Å². The van der Waals surface area contributed by atoms with Gasteiger partial charge in [-0.05, 0) is 55.1 Å². The minimum atomic E-state index is 0.794. The molecule has 0 fully saturated rings. The number of rotatable bonds is 11. The molecule has 25 heavy (non-hydrogen) atoms. The van der Waals surface area contributed by atoms with E-state index in [2.05, 4.69) is 59.8 Å². The molecule has 0 atom stereocenters. The quantitative estimate of drug-likeness (QED) is 0.295. The molecule has 0 radical (unpaired) electrons. The van der Waals surface area contributed by atoms with Gasteiger partial charge < -0.3 is 8.92 Å². The zero-order valence-corrected chi connectivity index (χ0v) is 16.3. The van der Waals surface area contributed by atoms with E-state index in [0.717, 1.165) is 44.6 Å². The van der Waals surface area contributed by atoms with E-state index in [9.17, 15) is 0 Å². The Kier molecular flexibility index (Phi) is 8.87. The van der Waals surface area contributed by atoms with Crippen LogP contribution in [-0.4, -0.2) is 31.6 Å². The summed E-state index contributed by atoms with van der Waals surface area (Å²) >= 11 is 1.40. The normalized spacial score (nSPS) is 11.0. The SMILES string of the molecule is CCCCOc1ccc(-c2ccc(CCCN(C)SOC)cc2)cc1. The molecule has 2 rings (SSSR count). The second kappa shape index (κ2) is 11.2. The molecule has 0 aromatic heterocycles. The second-order valence-electron chi connectivity index (χ2n) is 6.12. The highest BCUT2D eigenvalue weighted by Crippen LogP contribution is 2.23. The Morgan fingerprint density at radius 2 is 1.56 bits per heavy atom. The van der Waals surface area contributed by atoms with Gasteiger partial charge in [0.05, 0.1) is 25.9 Å². The van der Waals surface area contributed by atoms with Gasteiger partial charge in [-0.3, -0.25) is 0 Å². The van der Waals surface area contributed by atoms with Gasteiger partial charge in [0.2, 0.25) is 0 Å². The van der Waals surface area contributed by atoms with Crippen molar-refractivity contribution >= 4 is 12.2 Å². The van der Waals surface area contributed by atoms with E-state index < -0.39 is 0 Å². The summed E-state index contributed by atoms with van der Waals surface area (Å²) in [5, 5.41) is 0. The number of benzene rings is 2. The van der Waals surface area contributed by atoms with Gasteiger partial charge in [0, 0.05) is 6.54 Å². The molecule has 3 nitrogen and oxygen atoms in total. The molecule has 0 heterocycles. The Balaban J connectivity index is 1.84. The van der Waals surface area contributed by atoms with Crippen molar-refractivity contribution in [2.24, 2.45) is 0 Å². The largest absolute Gasteiger partial charge is 0.494 e. The van der Waals surface area contributed by atoms with Crippen molar-refractivity contribution in [1.82, 2.24) is 4.31 Å². The van der Waals surface area contributed by atoms with E-state index in [1.165, 1.54) is 28.9 Å². The van der Waals surface area contributed by atoms with Crippen LogP contribution in [-0.2, 0) is 10.6 Å². The van der Waals surface area contributed by atoms with Gasteiger partial charge in [-0.25, -0.2) is 4.31 Å². The number of aryl methyl sites for hydroxylation is 1. The number of ether oxygens (including phenoxy) is 1. The van der Waals surface area contributed by atoms with Gasteiger partial charge in [-0.2, -0.15) is 0 Å². The van der Waals surface area contributed by atoms with Crippen molar-refractivity contribution in [3.8, 4) is 16.9 Å². The van der Waals surface area contributed by atoms with Crippen molar-refractivity contribution in [3.63, 3.8) is 0 Å². The summed E-state index contributed by atoms with van der Waals surface area (Å²) in [6.45, 7) is 3.98. The van der Waals surface area contributed by atoms with Crippen LogP contribution in [0.25, 0.3) is 11.1 Å². The fraction of sp³-hybridized carbons (Fsp3) is 0.429. The van der Waals surface area contributed by atoms with Gasteiger partial charge in [-0.1, -0.05) is 49.7 Å². The summed E-state index contributed by atoms with van der Waals surface area (Å²) in [6.07, 6.45) is 4.46. The third-order valence-electron chi connectivity index (χ3n) is 4.05. The van der Waals surface area contributed by atoms with Crippen LogP contribution in [0.4, 0.5) is 0 Å². The molecule has 0 saturated heterocycles. The average molecular weight is 360 g/mol. The highest BCUT2D eigenvalue weighted by Gasteiger charge is 2.02. The predicted octanol–water partition coefficient (Wildman–Crippen LogP) is 5.61. The van der Waals surface area contributed by atoms with Crippen molar-refractivity contribution < 1.29 is 8.92 Å². The smallest absolute Gasteiger partial charge is 0.119 e. The van der Waals surface area contributed by atoms with E-state index in [0.29, 0.717) is 0 Å². The first-order chi connectivity index (χ1) is 12.2. The first-order valence-corrected chi connectivity index (χ1v) is 9.67. The van der Waals surface area contributed by atoms with Gasteiger partial charge in [0.15, 0.2) is 0 Å². The van der Waals surface area contributed by atoms with Crippen molar-refractivity contribution in [1.29, 1.82) is 0 Å². The second-order valence-corrected chi connectivity index (χ2v) is 7.23. The van der Waals surface area contributed by atoms with Crippen LogP contribution in [0.5, 0.6) is 5.75 Å². The molecule has 0 saturated carbocycles. The van der Waals surface area contributed by atoms with Gasteiger partial charge in [-0.15, -0.1) is 0 Å². The van der Waals surface area contributed by atoms with Crippen LogP contribution in [0, 0.1) is 0 Å². The Morgan fingerprint density at radius 3 is 2.16 bits per heavy atom. The molecule has 4 heteroatoms. The van der Waals surface area contributed by atoms with E-state index >= 15 is 0 Å². The zero-order valence-electron chi connectivity index (χ0n) is 15.5. The monoisotopic (exact) mass is 359 g/mol. The Hall–Kier alpha value is -1.49. The summed E-state index contributed by atoms with van der Waals surface area (Å²) in [5.41, 5.74) is 3.85. The molecule has 0 unspecified atom stereocenters. The third kappa shape index (κ3) is 7.10. The average Bonchev–Trinajstić information content (AvgIpc) is 2.63. The lowest BCUT2D eigenvalue weighted by atomic mass is 10.0. The van der Waals surface area contributed by atoms with Crippen molar-refractivity contribution in [3.05, 3.63) is 54.1 Å². The molecule has 0 aliphatic heterocycles. The number of unbranched alkanes of at least 4 members (excludes halogenated alkanes) is 1. The third-order valence-corrected chi connectivity index (χ3v) is 4.63. The number of hydrogen-bond donors (Lipinski definition) is 0. The molecule has 0 aliphatic rings. The van der Waals surface area contributed by atoms with Crippen LogP contribution in [0.3, 0.4) is 0 Å². The van der Waals surface area contributed by atoms with Gasteiger partial charge in [0.25, 0.3) is 0 Å². The van der Waals surface area contributed by atoms with Crippen LogP contribution in [0.1, 0.15) is 31.7 Å². The molecule has 0 spiro atoms. The fourth-order valence-electron chi connectivity index (χ4n) is 2.61. The molecule has 0 bridgehead atoms. The first kappa shape index (κ1) is 19.8. The molecule has 2 aromatic rings. The minimum Gasteiger partial charge on any atom is -0.494 e. The highest BCUT2D eigenvalue weighted by molar-refractivity contribution is 7.92. The Morgan fingerprint density at radius 1 is 0.920 bits per heavy atom. The predicted molar refractivity (Wildman–Crippen MR) is 108 cm³/mol. The topological polar surface area (TPSA) is 21.7 Å². The Labute approximate surface area is 156 Å². The molecule has 0 N–H and O–H groups in total. The molecule has 2 aromatic carbocycles. The molecular weight excluding hydrogens is 330 g/mol. The van der Waals surface area contributed by atoms with Crippen LogP contribution < -0.4 is 4.74 Å². The standard InChI is InChI=1S/C21H29NO2S/c1-4-5-17-24-21-14-12-20(13-15-21)19-10-8-18(9-11-19)7-6-16-22(2)25-23-3/h8-15H,4-7,16-17H2,1-3H3. The summed E-state index contributed by atoms with van der Waals surface area (Å²) in [6, 6.07) is 17.2. The fourth-order valence-corrected chi connectivity index (χ4v) is 3.07. The number of hydrogen-bond acceptors (Lipinski definition) is 4. The summed E-state index contributed by atoms with van der Waals surface area (Å²) < 4.78 is 12.9. The Bertz CT molecular complexity index is 598. The summed E-state index contributed by atoms with van der Waals surface area (Å²) in [7, 11) is 3.75. The van der Waals surface area contributed by atoms with Gasteiger partial charge >= 0.3 is 0 Å². The maximum atomic E-state index is 5.72. The minimum absolute atomic E-state index is 0.794. The van der Waals surface area contributed by atoms with E-state index in [-0.39, 0.29) is 0 Å². The van der Waals surface area contributed by atoms with E-state index in [1.54, 1.807) is 7.11 Å². The van der Waals surface area contributed by atoms with E-state index in [1.807, 2.05) is 7.05 Å². The van der Waals surface area contributed by atoms with Crippen LogP contribution in [0.2, 0.25) is 0 Å². The molecular formula is C21H29NO2S. The van der Waals surface area contributed by atoms with Crippen LogP contribution >= 0.6 is 12.2 Å². The molecule has 0 aliphatic carbocycles. The highest BCUT2D eigenvalue weighted by atomic mass is 32.2. The lowest BCUT2D eigenvalue weighted by Crippen LogP contribution is -2.11. The molecule has 136 valence electrons.